The minimum absolute atomic E-state index is 0.0809. The topological polar surface area (TPSA) is 77.8 Å². The highest BCUT2D eigenvalue weighted by atomic mass is 16.3. The molecule has 1 rings (SSSR count). The van der Waals surface area contributed by atoms with Crippen molar-refractivity contribution in [3.63, 3.8) is 0 Å². The van der Waals surface area contributed by atoms with Gasteiger partial charge in [-0.25, -0.2) is 0 Å². The molecule has 0 amide bonds. The molecule has 0 radical (unpaired) electrons. The highest BCUT2D eigenvalue weighted by Crippen LogP contribution is 2.37. The van der Waals surface area contributed by atoms with Gasteiger partial charge in [0.2, 0.25) is 5.75 Å². The molecule has 0 aliphatic heterocycles. The highest BCUT2D eigenvalue weighted by molar-refractivity contribution is 5.99. The Morgan fingerprint density at radius 2 is 1.25 bits per heavy atom. The number of benzene rings is 1. The monoisotopic (exact) mass is 336 g/mol. The first kappa shape index (κ1) is 20.3. The van der Waals surface area contributed by atoms with E-state index in [9.17, 15) is 20.1 Å². The summed E-state index contributed by atoms with van der Waals surface area (Å²) in [6.07, 6.45) is 13.8. The average Bonchev–Trinajstić information content (AvgIpc) is 2.57. The molecule has 0 fully saturated rings. The van der Waals surface area contributed by atoms with Gasteiger partial charge in [0, 0.05) is 6.42 Å². The number of carbonyl (C=O) groups is 1. The molecule has 24 heavy (non-hydrogen) atoms. The molecule has 4 heteroatoms. The van der Waals surface area contributed by atoms with Crippen LogP contribution < -0.4 is 0 Å². The first-order valence-electron chi connectivity index (χ1n) is 9.35. The van der Waals surface area contributed by atoms with Gasteiger partial charge in [-0.3, -0.25) is 4.79 Å². The van der Waals surface area contributed by atoms with Crippen molar-refractivity contribution in [2.75, 3.05) is 0 Å². The van der Waals surface area contributed by atoms with E-state index in [1.54, 1.807) is 0 Å². The van der Waals surface area contributed by atoms with Crippen molar-refractivity contribution < 1.29 is 20.1 Å². The fourth-order valence-electron chi connectivity index (χ4n) is 2.88. The molecule has 0 aromatic heterocycles. The van der Waals surface area contributed by atoms with E-state index in [-0.39, 0.29) is 11.3 Å². The number of phenolic OH excluding ortho intramolecular Hbond substituents is 3. The molecule has 0 saturated carbocycles. The predicted molar refractivity (Wildman–Crippen MR) is 96.8 cm³/mol. The number of hydrogen-bond acceptors (Lipinski definition) is 4. The molecule has 0 bridgehead atoms. The molecule has 0 aliphatic carbocycles. The first-order valence-corrected chi connectivity index (χ1v) is 9.35. The van der Waals surface area contributed by atoms with Crippen LogP contribution in [0.2, 0.25) is 0 Å². The maximum absolute atomic E-state index is 12.0. The molecule has 0 heterocycles. The van der Waals surface area contributed by atoms with Gasteiger partial charge >= 0.3 is 0 Å². The summed E-state index contributed by atoms with van der Waals surface area (Å²) in [5.74, 6) is -1.76. The minimum atomic E-state index is -0.625. The lowest BCUT2D eigenvalue weighted by molar-refractivity contribution is 0.0975. The second-order valence-corrected chi connectivity index (χ2v) is 6.54. The van der Waals surface area contributed by atoms with Gasteiger partial charge in [0.15, 0.2) is 17.3 Å². The zero-order chi connectivity index (χ0) is 17.8. The molecular weight excluding hydrogens is 304 g/mol. The van der Waals surface area contributed by atoms with Gasteiger partial charge in [0.1, 0.15) is 0 Å². The zero-order valence-corrected chi connectivity index (χ0v) is 14.9. The van der Waals surface area contributed by atoms with Crippen molar-refractivity contribution in [1.82, 2.24) is 0 Å². The molecule has 0 saturated heterocycles. The fourth-order valence-corrected chi connectivity index (χ4v) is 2.88. The van der Waals surface area contributed by atoms with Crippen LogP contribution in [0.25, 0.3) is 0 Å². The Balaban J connectivity index is 2.09. The average molecular weight is 336 g/mol. The van der Waals surface area contributed by atoms with Crippen molar-refractivity contribution in [3.05, 3.63) is 17.7 Å². The van der Waals surface area contributed by atoms with E-state index in [2.05, 4.69) is 6.92 Å². The van der Waals surface area contributed by atoms with Crippen molar-refractivity contribution in [3.8, 4) is 17.2 Å². The number of unbranched alkanes of at least 4 members (excludes halogenated alkanes) is 10. The first-order chi connectivity index (χ1) is 11.6. The summed E-state index contributed by atoms with van der Waals surface area (Å²) in [5.41, 5.74) is 0.0809. The van der Waals surface area contributed by atoms with Gasteiger partial charge in [0.05, 0.1) is 5.56 Å². The molecule has 1 aromatic rings. The summed E-state index contributed by atoms with van der Waals surface area (Å²) in [7, 11) is 0. The van der Waals surface area contributed by atoms with Gasteiger partial charge in [-0.15, -0.1) is 0 Å². The van der Waals surface area contributed by atoms with Crippen LogP contribution in [-0.2, 0) is 0 Å². The van der Waals surface area contributed by atoms with E-state index >= 15 is 0 Å². The summed E-state index contributed by atoms with van der Waals surface area (Å²) in [6.45, 7) is 2.23. The van der Waals surface area contributed by atoms with E-state index < -0.39 is 17.2 Å². The SMILES string of the molecule is CCCCCCCCCCCCCC(=O)c1ccc(O)c(O)c1O. The Labute approximate surface area is 145 Å². The van der Waals surface area contributed by atoms with Crippen LogP contribution in [0.15, 0.2) is 12.1 Å². The van der Waals surface area contributed by atoms with Crippen LogP contribution in [-0.4, -0.2) is 21.1 Å². The Hall–Kier alpha value is -1.71. The van der Waals surface area contributed by atoms with Crippen molar-refractivity contribution in [2.45, 2.75) is 84.0 Å². The third-order valence-electron chi connectivity index (χ3n) is 4.44. The van der Waals surface area contributed by atoms with Crippen LogP contribution in [0.5, 0.6) is 17.2 Å². The number of phenols is 3. The second-order valence-electron chi connectivity index (χ2n) is 6.54. The van der Waals surface area contributed by atoms with E-state index in [4.69, 9.17) is 0 Å². The highest BCUT2D eigenvalue weighted by Gasteiger charge is 2.16. The molecule has 0 aliphatic rings. The van der Waals surface area contributed by atoms with Crippen LogP contribution in [0.3, 0.4) is 0 Å². The lowest BCUT2D eigenvalue weighted by atomic mass is 10.0. The summed E-state index contributed by atoms with van der Waals surface area (Å²) in [4.78, 5) is 12.0. The molecular formula is C20H32O4. The smallest absolute Gasteiger partial charge is 0.201 e. The van der Waals surface area contributed by atoms with Crippen molar-refractivity contribution >= 4 is 5.78 Å². The second kappa shape index (κ2) is 11.8. The fraction of sp³-hybridized carbons (Fsp3) is 0.650. The molecule has 0 atom stereocenters. The summed E-state index contributed by atoms with van der Waals surface area (Å²) in [5, 5.41) is 28.4. The van der Waals surface area contributed by atoms with Crippen LogP contribution >= 0.6 is 0 Å². The molecule has 0 unspecified atom stereocenters. The predicted octanol–water partition coefficient (Wildman–Crippen LogP) is 5.69. The normalized spacial score (nSPS) is 10.9. The molecule has 3 N–H and O–H groups in total. The third-order valence-corrected chi connectivity index (χ3v) is 4.44. The molecule has 4 nitrogen and oxygen atoms in total. The number of carbonyl (C=O) groups excluding carboxylic acids is 1. The Morgan fingerprint density at radius 1 is 0.750 bits per heavy atom. The summed E-state index contributed by atoms with van der Waals surface area (Å²) >= 11 is 0. The molecule has 0 spiro atoms. The van der Waals surface area contributed by atoms with Gasteiger partial charge in [-0.1, -0.05) is 71.1 Å². The van der Waals surface area contributed by atoms with Crippen LogP contribution in [0.4, 0.5) is 0 Å². The van der Waals surface area contributed by atoms with E-state index in [0.29, 0.717) is 6.42 Å². The Kier molecular flexibility index (Phi) is 9.97. The maximum Gasteiger partial charge on any atom is 0.201 e. The van der Waals surface area contributed by atoms with Crippen LogP contribution in [0.1, 0.15) is 94.3 Å². The standard InChI is InChI=1S/C20H32O4/c1-2-3-4-5-6-7-8-9-10-11-12-13-17(21)16-14-15-18(22)20(24)19(16)23/h14-15,22-24H,2-13H2,1H3. The lowest BCUT2D eigenvalue weighted by Crippen LogP contribution is -1.99. The van der Waals surface area contributed by atoms with E-state index in [1.165, 1.54) is 63.5 Å². The number of hydrogen-bond donors (Lipinski definition) is 3. The van der Waals surface area contributed by atoms with Crippen molar-refractivity contribution in [1.29, 1.82) is 0 Å². The maximum atomic E-state index is 12.0. The Morgan fingerprint density at radius 3 is 1.79 bits per heavy atom. The van der Waals surface area contributed by atoms with Gasteiger partial charge in [-0.2, -0.15) is 0 Å². The minimum Gasteiger partial charge on any atom is -0.504 e. The molecule has 1 aromatic carbocycles. The van der Waals surface area contributed by atoms with Gasteiger partial charge in [-0.05, 0) is 18.6 Å². The van der Waals surface area contributed by atoms with Crippen molar-refractivity contribution in [2.24, 2.45) is 0 Å². The van der Waals surface area contributed by atoms with E-state index in [0.717, 1.165) is 19.3 Å². The van der Waals surface area contributed by atoms with Crippen LogP contribution in [0, 0.1) is 0 Å². The number of rotatable bonds is 13. The number of Topliss-reactive ketones (excluding diaryl/α,β-unsaturated/α-hetero) is 1. The summed E-state index contributed by atoms with van der Waals surface area (Å²) in [6, 6.07) is 2.58. The largest absolute Gasteiger partial charge is 0.504 e. The summed E-state index contributed by atoms with van der Waals surface area (Å²) < 4.78 is 0. The van der Waals surface area contributed by atoms with E-state index in [1.807, 2.05) is 0 Å². The zero-order valence-electron chi connectivity index (χ0n) is 14.9. The van der Waals surface area contributed by atoms with Gasteiger partial charge < -0.3 is 15.3 Å². The third kappa shape index (κ3) is 7.24. The molecule has 136 valence electrons. The lowest BCUT2D eigenvalue weighted by Gasteiger charge is -2.07. The number of aromatic hydroxyl groups is 3. The van der Waals surface area contributed by atoms with Gasteiger partial charge in [0.25, 0.3) is 0 Å². The number of ketones is 1. The quantitative estimate of drug-likeness (QED) is 0.246. The Bertz CT molecular complexity index is 497.